The largest absolute Gasteiger partial charge is 0.318 e. The van der Waals surface area contributed by atoms with Crippen LogP contribution in [0.2, 0.25) is 0 Å². The Morgan fingerprint density at radius 3 is 2.57 bits per heavy atom. The van der Waals surface area contributed by atoms with E-state index in [0.29, 0.717) is 18.0 Å². The van der Waals surface area contributed by atoms with Gasteiger partial charge in [-0.2, -0.15) is 0 Å². The monoisotopic (exact) mass is 406 g/mol. The molecule has 1 aromatic rings. The molecule has 2 aliphatic carbocycles. The van der Waals surface area contributed by atoms with E-state index in [2.05, 4.69) is 20.8 Å². The lowest BCUT2D eigenvalue weighted by atomic mass is 9.78. The number of imide groups is 1. The highest BCUT2D eigenvalue weighted by atomic mass is 32.2. The lowest BCUT2D eigenvalue weighted by molar-refractivity contribution is -0.158. The van der Waals surface area contributed by atoms with Crippen molar-refractivity contribution in [3.05, 3.63) is 0 Å². The molecule has 1 N–H and O–H groups in total. The third-order valence-electron chi connectivity index (χ3n) is 6.18. The van der Waals surface area contributed by atoms with Crippen LogP contribution >= 0.6 is 11.8 Å². The first-order valence-electron chi connectivity index (χ1n) is 10.2. The third kappa shape index (κ3) is 3.66. The van der Waals surface area contributed by atoms with Gasteiger partial charge in [0.1, 0.15) is 12.1 Å². The zero-order valence-electron chi connectivity index (χ0n) is 15.9. The van der Waals surface area contributed by atoms with E-state index in [4.69, 9.17) is 0 Å². The molecule has 2 heterocycles. The minimum absolute atomic E-state index is 0.0568. The molecule has 1 saturated heterocycles. The molecule has 0 bridgehead atoms. The van der Waals surface area contributed by atoms with Crippen molar-refractivity contribution in [3.63, 3.8) is 0 Å². The SMILES string of the molecule is O=C1CN(C(=O)CSc2nnnn2C2CCCCC2)C2(CCCCC2)C(=O)N1. The first-order valence-corrected chi connectivity index (χ1v) is 11.1. The second-order valence-electron chi connectivity index (χ2n) is 7.94. The van der Waals surface area contributed by atoms with Gasteiger partial charge in [0, 0.05) is 0 Å². The lowest BCUT2D eigenvalue weighted by Gasteiger charge is -2.47. The Morgan fingerprint density at radius 1 is 1.11 bits per heavy atom. The minimum atomic E-state index is -0.876. The number of rotatable bonds is 4. The van der Waals surface area contributed by atoms with Crippen LogP contribution in [0.15, 0.2) is 5.16 Å². The minimum Gasteiger partial charge on any atom is -0.318 e. The maximum Gasteiger partial charge on any atom is 0.252 e. The molecule has 1 aromatic heterocycles. The van der Waals surface area contributed by atoms with Crippen LogP contribution < -0.4 is 5.32 Å². The van der Waals surface area contributed by atoms with Crippen LogP contribution in [0.25, 0.3) is 0 Å². The summed E-state index contributed by atoms with van der Waals surface area (Å²) in [4.78, 5) is 39.1. The predicted octanol–water partition coefficient (Wildman–Crippen LogP) is 1.46. The van der Waals surface area contributed by atoms with Crippen molar-refractivity contribution in [1.29, 1.82) is 0 Å². The molecule has 3 amide bonds. The molecule has 1 spiro atoms. The molecular formula is C18H26N6O3S. The molecule has 9 nitrogen and oxygen atoms in total. The van der Waals surface area contributed by atoms with Crippen LogP contribution in [0, 0.1) is 0 Å². The summed E-state index contributed by atoms with van der Waals surface area (Å²) in [6.07, 6.45) is 9.74. The van der Waals surface area contributed by atoms with Crippen LogP contribution in [0.1, 0.15) is 70.3 Å². The summed E-state index contributed by atoms with van der Waals surface area (Å²) in [5.74, 6) is -0.816. The van der Waals surface area contributed by atoms with E-state index in [1.807, 2.05) is 4.68 Å². The van der Waals surface area contributed by atoms with Gasteiger partial charge in [-0.05, 0) is 36.1 Å². The molecule has 10 heteroatoms. The van der Waals surface area contributed by atoms with Crippen molar-refractivity contribution < 1.29 is 14.4 Å². The van der Waals surface area contributed by atoms with E-state index in [1.165, 1.54) is 35.9 Å². The first-order chi connectivity index (χ1) is 13.6. The van der Waals surface area contributed by atoms with Gasteiger partial charge in [-0.1, -0.05) is 50.3 Å². The van der Waals surface area contributed by atoms with Crippen LogP contribution in [-0.4, -0.2) is 60.7 Å². The summed E-state index contributed by atoms with van der Waals surface area (Å²) in [7, 11) is 0. The topological polar surface area (TPSA) is 110 Å². The number of aromatic nitrogens is 4. The maximum absolute atomic E-state index is 13.0. The van der Waals surface area contributed by atoms with Gasteiger partial charge < -0.3 is 4.90 Å². The number of hydrogen-bond donors (Lipinski definition) is 1. The Labute approximate surface area is 168 Å². The number of thioether (sulfide) groups is 1. The number of carbonyl (C=O) groups excluding carboxylic acids is 3. The second-order valence-corrected chi connectivity index (χ2v) is 8.88. The molecule has 0 unspecified atom stereocenters. The lowest BCUT2D eigenvalue weighted by Crippen LogP contribution is -2.69. The smallest absolute Gasteiger partial charge is 0.252 e. The molecule has 3 fully saturated rings. The van der Waals surface area contributed by atoms with Crippen LogP contribution in [-0.2, 0) is 14.4 Å². The molecule has 3 aliphatic rings. The van der Waals surface area contributed by atoms with Gasteiger partial charge in [-0.3, -0.25) is 19.7 Å². The number of tetrazole rings is 1. The van der Waals surface area contributed by atoms with Gasteiger partial charge in [0.2, 0.25) is 17.0 Å². The number of nitrogens with zero attached hydrogens (tertiary/aromatic N) is 5. The van der Waals surface area contributed by atoms with E-state index >= 15 is 0 Å². The Morgan fingerprint density at radius 2 is 1.82 bits per heavy atom. The molecule has 28 heavy (non-hydrogen) atoms. The number of nitrogens with one attached hydrogen (secondary N) is 1. The second kappa shape index (κ2) is 8.18. The number of hydrogen-bond acceptors (Lipinski definition) is 7. The van der Waals surface area contributed by atoms with Crippen molar-refractivity contribution >= 4 is 29.5 Å². The van der Waals surface area contributed by atoms with Gasteiger partial charge in [-0.15, -0.1) is 5.10 Å². The summed E-state index contributed by atoms with van der Waals surface area (Å²) in [6, 6.07) is 0.286. The number of carbonyl (C=O) groups is 3. The number of piperazine rings is 1. The van der Waals surface area contributed by atoms with Crippen molar-refractivity contribution in [2.75, 3.05) is 12.3 Å². The van der Waals surface area contributed by atoms with Gasteiger partial charge in [-0.25, -0.2) is 4.68 Å². The normalized spacial score (nSPS) is 23.1. The predicted molar refractivity (Wildman–Crippen MR) is 101 cm³/mol. The van der Waals surface area contributed by atoms with E-state index in [9.17, 15) is 14.4 Å². The summed E-state index contributed by atoms with van der Waals surface area (Å²) in [6.45, 7) is -0.0568. The van der Waals surface area contributed by atoms with Gasteiger partial charge in [0.25, 0.3) is 5.91 Å². The summed E-state index contributed by atoms with van der Waals surface area (Å²) in [5.41, 5.74) is -0.876. The van der Waals surface area contributed by atoms with Crippen LogP contribution in [0.3, 0.4) is 0 Å². The van der Waals surface area contributed by atoms with E-state index in [1.54, 1.807) is 0 Å². The first kappa shape index (κ1) is 19.4. The molecule has 4 rings (SSSR count). The Kier molecular flexibility index (Phi) is 5.65. The summed E-state index contributed by atoms with van der Waals surface area (Å²) in [5, 5.41) is 15.1. The Balaban J connectivity index is 1.46. The highest BCUT2D eigenvalue weighted by molar-refractivity contribution is 7.99. The van der Waals surface area contributed by atoms with Crippen molar-refractivity contribution in [3.8, 4) is 0 Å². The molecule has 2 saturated carbocycles. The molecule has 1 aliphatic heterocycles. The average Bonchev–Trinajstić information content (AvgIpc) is 3.19. The third-order valence-corrected chi connectivity index (χ3v) is 7.10. The fourth-order valence-electron chi connectivity index (χ4n) is 4.70. The average molecular weight is 407 g/mol. The molecule has 152 valence electrons. The molecule has 0 aromatic carbocycles. The van der Waals surface area contributed by atoms with Gasteiger partial charge in [0.05, 0.1) is 11.8 Å². The zero-order valence-corrected chi connectivity index (χ0v) is 16.7. The molecule has 0 radical (unpaired) electrons. The summed E-state index contributed by atoms with van der Waals surface area (Å²) >= 11 is 1.29. The van der Waals surface area contributed by atoms with Crippen molar-refractivity contribution in [1.82, 2.24) is 30.4 Å². The Bertz CT molecular complexity index is 754. The molecular weight excluding hydrogens is 380 g/mol. The molecule has 0 atom stereocenters. The highest BCUT2D eigenvalue weighted by Crippen LogP contribution is 2.36. The maximum atomic E-state index is 13.0. The van der Waals surface area contributed by atoms with Crippen LogP contribution in [0.5, 0.6) is 0 Å². The van der Waals surface area contributed by atoms with E-state index in [-0.39, 0.29) is 30.2 Å². The highest BCUT2D eigenvalue weighted by Gasteiger charge is 2.50. The fraction of sp³-hybridized carbons (Fsp3) is 0.778. The van der Waals surface area contributed by atoms with Gasteiger partial charge in [0.15, 0.2) is 0 Å². The quantitative estimate of drug-likeness (QED) is 0.595. The van der Waals surface area contributed by atoms with Gasteiger partial charge >= 0.3 is 0 Å². The zero-order chi connectivity index (χ0) is 19.6. The van der Waals surface area contributed by atoms with Crippen LogP contribution in [0.4, 0.5) is 0 Å². The fourth-order valence-corrected chi connectivity index (χ4v) is 5.52. The number of amides is 3. The summed E-state index contributed by atoms with van der Waals surface area (Å²) < 4.78 is 1.83. The van der Waals surface area contributed by atoms with E-state index in [0.717, 1.165) is 32.1 Å². The van der Waals surface area contributed by atoms with Crippen molar-refractivity contribution in [2.45, 2.75) is 80.9 Å². The Hall–Kier alpha value is -1.97. The standard InChI is InChI=1S/C18H26N6O3S/c25-14-11-23(18(16(27)19-14)9-5-2-6-10-18)15(26)12-28-17-20-21-22-24(17)13-7-3-1-4-8-13/h13H,1-12H2,(H,19,25,27). The van der Waals surface area contributed by atoms with Crippen molar-refractivity contribution in [2.24, 2.45) is 0 Å². The van der Waals surface area contributed by atoms with E-state index < -0.39 is 11.4 Å².